The first-order chi connectivity index (χ1) is 9.58. The van der Waals surface area contributed by atoms with Crippen molar-refractivity contribution in [2.24, 2.45) is 5.84 Å². The van der Waals surface area contributed by atoms with Gasteiger partial charge in [-0.1, -0.05) is 12.1 Å². The molecule has 106 valence electrons. The normalized spacial score (nSPS) is 12.2. The van der Waals surface area contributed by atoms with E-state index in [9.17, 15) is 13.2 Å². The SMILES string of the molecule is COc1ccc(C(NN)c2c(F)cccc2F)cc1F. The van der Waals surface area contributed by atoms with Crippen LogP contribution in [0, 0.1) is 17.5 Å². The van der Waals surface area contributed by atoms with Crippen LogP contribution in [-0.2, 0) is 0 Å². The quantitative estimate of drug-likeness (QED) is 0.669. The predicted molar refractivity (Wildman–Crippen MR) is 68.5 cm³/mol. The number of halogens is 3. The van der Waals surface area contributed by atoms with Gasteiger partial charge in [0.05, 0.1) is 13.2 Å². The third-order valence-electron chi connectivity index (χ3n) is 2.96. The fraction of sp³-hybridized carbons (Fsp3) is 0.143. The average molecular weight is 282 g/mol. The molecule has 3 N–H and O–H groups in total. The van der Waals surface area contributed by atoms with Crippen LogP contribution >= 0.6 is 0 Å². The number of hydrogen-bond donors (Lipinski definition) is 2. The summed E-state index contributed by atoms with van der Waals surface area (Å²) in [5.74, 6) is 3.24. The van der Waals surface area contributed by atoms with E-state index in [1.54, 1.807) is 0 Å². The lowest BCUT2D eigenvalue weighted by Crippen LogP contribution is -2.30. The van der Waals surface area contributed by atoms with Gasteiger partial charge < -0.3 is 4.74 Å². The van der Waals surface area contributed by atoms with Crippen LogP contribution in [0.1, 0.15) is 17.2 Å². The molecule has 2 aromatic carbocycles. The van der Waals surface area contributed by atoms with E-state index < -0.39 is 23.5 Å². The second-order valence-corrected chi connectivity index (χ2v) is 4.13. The lowest BCUT2D eigenvalue weighted by atomic mass is 9.98. The van der Waals surface area contributed by atoms with Crippen LogP contribution in [-0.4, -0.2) is 7.11 Å². The Labute approximate surface area is 114 Å². The van der Waals surface area contributed by atoms with Gasteiger partial charge in [-0.05, 0) is 29.8 Å². The molecule has 0 saturated heterocycles. The molecule has 1 unspecified atom stereocenters. The van der Waals surface area contributed by atoms with Crippen molar-refractivity contribution in [3.05, 3.63) is 65.0 Å². The number of hydrogen-bond acceptors (Lipinski definition) is 3. The molecule has 2 rings (SSSR count). The second kappa shape index (κ2) is 5.94. The minimum Gasteiger partial charge on any atom is -0.494 e. The van der Waals surface area contributed by atoms with Crippen LogP contribution in [0.2, 0.25) is 0 Å². The first-order valence-electron chi connectivity index (χ1n) is 5.82. The molecular formula is C14H13F3N2O. The van der Waals surface area contributed by atoms with Gasteiger partial charge in [-0.25, -0.2) is 18.6 Å². The Bertz CT molecular complexity index is 599. The lowest BCUT2D eigenvalue weighted by Gasteiger charge is -2.18. The van der Waals surface area contributed by atoms with Gasteiger partial charge in [0, 0.05) is 5.56 Å². The molecule has 0 heterocycles. The first-order valence-corrected chi connectivity index (χ1v) is 5.82. The fourth-order valence-corrected chi connectivity index (χ4v) is 1.99. The largest absolute Gasteiger partial charge is 0.494 e. The molecule has 2 aromatic rings. The Morgan fingerprint density at radius 3 is 2.20 bits per heavy atom. The molecule has 1 atom stereocenters. The number of hydrazine groups is 1. The number of benzene rings is 2. The van der Waals surface area contributed by atoms with Crippen LogP contribution in [0.4, 0.5) is 13.2 Å². The van der Waals surface area contributed by atoms with Gasteiger partial charge in [0.25, 0.3) is 0 Å². The van der Waals surface area contributed by atoms with Crippen molar-refractivity contribution in [2.75, 3.05) is 7.11 Å². The predicted octanol–water partition coefficient (Wildman–Crippen LogP) is 2.67. The van der Waals surface area contributed by atoms with E-state index in [0.29, 0.717) is 0 Å². The number of nitrogens with one attached hydrogen (secondary N) is 1. The lowest BCUT2D eigenvalue weighted by molar-refractivity contribution is 0.385. The summed E-state index contributed by atoms with van der Waals surface area (Å²) >= 11 is 0. The number of rotatable bonds is 4. The van der Waals surface area contributed by atoms with Crippen LogP contribution in [0.25, 0.3) is 0 Å². The minimum absolute atomic E-state index is 0.0403. The van der Waals surface area contributed by atoms with Crippen molar-refractivity contribution in [3.63, 3.8) is 0 Å². The summed E-state index contributed by atoms with van der Waals surface area (Å²) in [5, 5.41) is 0. The maximum absolute atomic E-state index is 13.8. The van der Waals surface area contributed by atoms with Crippen molar-refractivity contribution >= 4 is 0 Å². The smallest absolute Gasteiger partial charge is 0.165 e. The van der Waals surface area contributed by atoms with Crippen molar-refractivity contribution in [2.45, 2.75) is 6.04 Å². The van der Waals surface area contributed by atoms with Crippen molar-refractivity contribution in [1.29, 1.82) is 0 Å². The van der Waals surface area contributed by atoms with Crippen molar-refractivity contribution in [1.82, 2.24) is 5.43 Å². The number of nitrogens with two attached hydrogens (primary N) is 1. The monoisotopic (exact) mass is 282 g/mol. The van der Waals surface area contributed by atoms with E-state index in [-0.39, 0.29) is 16.9 Å². The minimum atomic E-state index is -1.00. The Kier molecular flexibility index (Phi) is 4.26. The Morgan fingerprint density at radius 2 is 1.70 bits per heavy atom. The number of methoxy groups -OCH3 is 1. The van der Waals surface area contributed by atoms with Crippen molar-refractivity contribution < 1.29 is 17.9 Å². The van der Waals surface area contributed by atoms with Gasteiger partial charge in [0.2, 0.25) is 0 Å². The molecule has 0 spiro atoms. The van der Waals surface area contributed by atoms with Crippen molar-refractivity contribution in [3.8, 4) is 5.75 Å². The van der Waals surface area contributed by atoms with Crippen LogP contribution in [0.15, 0.2) is 36.4 Å². The molecule has 0 aliphatic carbocycles. The Morgan fingerprint density at radius 1 is 1.05 bits per heavy atom. The maximum Gasteiger partial charge on any atom is 0.165 e. The molecule has 0 fully saturated rings. The summed E-state index contributed by atoms with van der Waals surface area (Å²) < 4.78 is 46.0. The molecule has 0 aromatic heterocycles. The molecule has 20 heavy (non-hydrogen) atoms. The molecule has 6 heteroatoms. The highest BCUT2D eigenvalue weighted by Crippen LogP contribution is 2.29. The summed E-state index contributed by atoms with van der Waals surface area (Å²) in [6, 6.07) is 6.44. The molecule has 0 bridgehead atoms. The highest BCUT2D eigenvalue weighted by Gasteiger charge is 2.21. The van der Waals surface area contributed by atoms with E-state index >= 15 is 0 Å². The van der Waals surface area contributed by atoms with Gasteiger partial charge in [0.15, 0.2) is 11.6 Å². The van der Waals surface area contributed by atoms with E-state index in [1.807, 2.05) is 0 Å². The highest BCUT2D eigenvalue weighted by atomic mass is 19.1. The summed E-state index contributed by atoms with van der Waals surface area (Å²) in [6.45, 7) is 0. The highest BCUT2D eigenvalue weighted by molar-refractivity contribution is 5.37. The first kappa shape index (κ1) is 14.4. The van der Waals surface area contributed by atoms with E-state index in [1.165, 1.54) is 25.3 Å². The molecule has 3 nitrogen and oxygen atoms in total. The van der Waals surface area contributed by atoms with Gasteiger partial charge >= 0.3 is 0 Å². The molecule has 0 aliphatic heterocycles. The van der Waals surface area contributed by atoms with Gasteiger partial charge in [-0.15, -0.1) is 0 Å². The molecular weight excluding hydrogens is 269 g/mol. The third-order valence-corrected chi connectivity index (χ3v) is 2.96. The van der Waals surface area contributed by atoms with Crippen LogP contribution < -0.4 is 16.0 Å². The summed E-state index contributed by atoms with van der Waals surface area (Å²) in [6.07, 6.45) is 0. The molecule has 0 radical (unpaired) electrons. The van der Waals surface area contributed by atoms with Gasteiger partial charge in [-0.2, -0.15) is 0 Å². The zero-order valence-corrected chi connectivity index (χ0v) is 10.7. The van der Waals surface area contributed by atoms with E-state index in [0.717, 1.165) is 18.2 Å². The Hall–Kier alpha value is -2.05. The third kappa shape index (κ3) is 2.61. The summed E-state index contributed by atoms with van der Waals surface area (Å²) in [4.78, 5) is 0. The van der Waals surface area contributed by atoms with Gasteiger partial charge in [-0.3, -0.25) is 5.84 Å². The zero-order valence-electron chi connectivity index (χ0n) is 10.7. The molecule has 0 aliphatic rings. The van der Waals surface area contributed by atoms with Gasteiger partial charge in [0.1, 0.15) is 11.6 Å². The standard InChI is InChI=1S/C14H13F3N2O/c1-20-12-6-5-8(7-11(12)17)14(19-18)13-9(15)3-2-4-10(13)16/h2-7,14,19H,18H2,1H3. The fourth-order valence-electron chi connectivity index (χ4n) is 1.99. The van der Waals surface area contributed by atoms with Crippen LogP contribution in [0.5, 0.6) is 5.75 Å². The Balaban J connectivity index is 2.50. The zero-order chi connectivity index (χ0) is 14.7. The summed E-state index contributed by atoms with van der Waals surface area (Å²) in [5.41, 5.74) is 2.32. The average Bonchev–Trinajstić information content (AvgIpc) is 2.43. The second-order valence-electron chi connectivity index (χ2n) is 4.13. The van der Waals surface area contributed by atoms with Crippen LogP contribution in [0.3, 0.4) is 0 Å². The summed E-state index contributed by atoms with van der Waals surface area (Å²) in [7, 11) is 1.33. The molecule has 0 amide bonds. The number of ether oxygens (including phenoxy) is 1. The molecule has 0 saturated carbocycles. The van der Waals surface area contributed by atoms with E-state index in [2.05, 4.69) is 5.43 Å². The maximum atomic E-state index is 13.8. The topological polar surface area (TPSA) is 47.3 Å². The van der Waals surface area contributed by atoms with E-state index in [4.69, 9.17) is 10.6 Å².